The van der Waals surface area contributed by atoms with Gasteiger partial charge in [-0.2, -0.15) is 5.26 Å². The number of hydrogen-bond acceptors (Lipinski definition) is 4. The summed E-state index contributed by atoms with van der Waals surface area (Å²) >= 11 is 0. The predicted octanol–water partition coefficient (Wildman–Crippen LogP) is 2.68. The summed E-state index contributed by atoms with van der Waals surface area (Å²) in [6, 6.07) is 7.44. The molecule has 1 aliphatic rings. The summed E-state index contributed by atoms with van der Waals surface area (Å²) in [6.07, 6.45) is 3.61. The third-order valence-corrected chi connectivity index (χ3v) is 4.68. The number of likely N-dealkylation sites (N-methyl/N-ethyl adjacent to an activating group) is 2. The first kappa shape index (κ1) is 15.5. The standard InChI is InChI=1S/C17H23N3O/c1-13(21)15-7-6-14(11-18)10-16(15)20(4)12-17(19(2)3)8-5-9-17/h6-7,10H,5,8-9,12H2,1-4H3. The zero-order valence-corrected chi connectivity index (χ0v) is 13.3. The van der Waals surface area contributed by atoms with Crippen molar-refractivity contribution in [3.63, 3.8) is 0 Å². The number of carbonyl (C=O) groups is 1. The third-order valence-electron chi connectivity index (χ3n) is 4.68. The number of hydrogen-bond donors (Lipinski definition) is 0. The van der Waals surface area contributed by atoms with Gasteiger partial charge in [0.25, 0.3) is 0 Å². The maximum Gasteiger partial charge on any atom is 0.161 e. The molecule has 0 atom stereocenters. The van der Waals surface area contributed by atoms with E-state index < -0.39 is 0 Å². The first-order chi connectivity index (χ1) is 9.89. The lowest BCUT2D eigenvalue weighted by molar-refractivity contribution is 0.0682. The maximum atomic E-state index is 11.8. The molecule has 0 bridgehead atoms. The van der Waals surface area contributed by atoms with Crippen molar-refractivity contribution in [2.24, 2.45) is 0 Å². The number of carbonyl (C=O) groups excluding carboxylic acids is 1. The molecule has 1 saturated carbocycles. The van der Waals surface area contributed by atoms with Crippen LogP contribution < -0.4 is 4.90 Å². The van der Waals surface area contributed by atoms with Crippen molar-refractivity contribution in [3.05, 3.63) is 29.3 Å². The Balaban J connectivity index is 2.32. The molecule has 1 aromatic carbocycles. The van der Waals surface area contributed by atoms with Gasteiger partial charge in [-0.3, -0.25) is 4.79 Å². The number of rotatable bonds is 5. The van der Waals surface area contributed by atoms with Crippen molar-refractivity contribution in [1.29, 1.82) is 5.26 Å². The van der Waals surface area contributed by atoms with Crippen LogP contribution in [-0.2, 0) is 0 Å². The Hall–Kier alpha value is -1.86. The molecule has 0 aliphatic heterocycles. The summed E-state index contributed by atoms with van der Waals surface area (Å²) in [5, 5.41) is 9.09. The van der Waals surface area contributed by atoms with Crippen LogP contribution in [0.15, 0.2) is 18.2 Å². The van der Waals surface area contributed by atoms with Crippen LogP contribution in [0.3, 0.4) is 0 Å². The summed E-state index contributed by atoms with van der Waals surface area (Å²) in [5.74, 6) is 0.0360. The molecule has 0 saturated heterocycles. The van der Waals surface area contributed by atoms with E-state index in [1.54, 1.807) is 19.1 Å². The summed E-state index contributed by atoms with van der Waals surface area (Å²) in [6.45, 7) is 2.44. The molecule has 4 nitrogen and oxygen atoms in total. The first-order valence-corrected chi connectivity index (χ1v) is 7.33. The predicted molar refractivity (Wildman–Crippen MR) is 84.7 cm³/mol. The highest BCUT2D eigenvalue weighted by Gasteiger charge is 2.40. The summed E-state index contributed by atoms with van der Waals surface area (Å²) in [7, 11) is 6.24. The van der Waals surface area contributed by atoms with Crippen LogP contribution in [0, 0.1) is 11.3 Å². The molecular weight excluding hydrogens is 262 g/mol. The molecule has 0 amide bonds. The Morgan fingerprint density at radius 3 is 2.43 bits per heavy atom. The van der Waals surface area contributed by atoms with Gasteiger partial charge in [-0.05, 0) is 58.5 Å². The minimum absolute atomic E-state index is 0.0360. The van der Waals surface area contributed by atoms with E-state index in [9.17, 15) is 4.79 Å². The second kappa shape index (κ2) is 5.87. The summed E-state index contributed by atoms with van der Waals surface area (Å²) in [4.78, 5) is 16.2. The normalized spacial score (nSPS) is 16.2. The molecule has 4 heteroatoms. The van der Waals surface area contributed by atoms with E-state index >= 15 is 0 Å². The topological polar surface area (TPSA) is 47.3 Å². The second-order valence-corrected chi connectivity index (χ2v) is 6.23. The van der Waals surface area contributed by atoms with Gasteiger partial charge in [0.1, 0.15) is 0 Å². The molecule has 21 heavy (non-hydrogen) atoms. The number of ketones is 1. The van der Waals surface area contributed by atoms with Crippen molar-refractivity contribution in [2.75, 3.05) is 32.6 Å². The van der Waals surface area contributed by atoms with Crippen LogP contribution in [0.2, 0.25) is 0 Å². The molecule has 1 fully saturated rings. The van der Waals surface area contributed by atoms with Gasteiger partial charge < -0.3 is 9.80 Å². The van der Waals surface area contributed by atoms with Gasteiger partial charge >= 0.3 is 0 Å². The SMILES string of the molecule is CC(=O)c1ccc(C#N)cc1N(C)CC1(N(C)C)CCC1. The Bertz CT molecular complexity index is 582. The third kappa shape index (κ3) is 2.93. The average Bonchev–Trinajstić information content (AvgIpc) is 2.41. The minimum Gasteiger partial charge on any atom is -0.372 e. The molecule has 0 heterocycles. The first-order valence-electron chi connectivity index (χ1n) is 7.33. The number of anilines is 1. The number of nitriles is 1. The van der Waals surface area contributed by atoms with Crippen molar-refractivity contribution >= 4 is 11.5 Å². The van der Waals surface area contributed by atoms with E-state index in [2.05, 4.69) is 30.0 Å². The molecule has 1 aliphatic carbocycles. The fourth-order valence-electron chi connectivity index (χ4n) is 3.07. The quantitative estimate of drug-likeness (QED) is 0.780. The molecule has 0 radical (unpaired) electrons. The van der Waals surface area contributed by atoms with E-state index in [0.717, 1.165) is 12.2 Å². The van der Waals surface area contributed by atoms with Gasteiger partial charge in [-0.15, -0.1) is 0 Å². The Labute approximate surface area is 127 Å². The van der Waals surface area contributed by atoms with Gasteiger partial charge in [0.05, 0.1) is 11.6 Å². The lowest BCUT2D eigenvalue weighted by Gasteiger charge is -2.49. The van der Waals surface area contributed by atoms with Crippen LogP contribution in [0.1, 0.15) is 42.1 Å². The average molecular weight is 285 g/mol. The molecule has 1 aromatic rings. The summed E-state index contributed by atoms with van der Waals surface area (Å²) < 4.78 is 0. The molecule has 0 aromatic heterocycles. The number of nitrogens with zero attached hydrogens (tertiary/aromatic N) is 3. The molecular formula is C17H23N3O. The van der Waals surface area contributed by atoms with Crippen molar-refractivity contribution in [1.82, 2.24) is 4.90 Å². The van der Waals surface area contributed by atoms with Gasteiger partial charge in [-0.25, -0.2) is 0 Å². The van der Waals surface area contributed by atoms with Gasteiger partial charge in [0.15, 0.2) is 5.78 Å². The van der Waals surface area contributed by atoms with E-state index in [-0.39, 0.29) is 11.3 Å². The van der Waals surface area contributed by atoms with E-state index in [4.69, 9.17) is 5.26 Å². The molecule has 0 N–H and O–H groups in total. The van der Waals surface area contributed by atoms with E-state index in [0.29, 0.717) is 11.1 Å². The highest BCUT2D eigenvalue weighted by Crippen LogP contribution is 2.38. The van der Waals surface area contributed by atoms with Crippen LogP contribution in [0.5, 0.6) is 0 Å². The number of Topliss-reactive ketones (excluding diaryl/α,β-unsaturated/α-hetero) is 1. The van der Waals surface area contributed by atoms with Crippen molar-refractivity contribution < 1.29 is 4.79 Å². The lowest BCUT2D eigenvalue weighted by Crippen LogP contribution is -2.56. The molecule has 112 valence electrons. The smallest absolute Gasteiger partial charge is 0.161 e. The Kier molecular flexibility index (Phi) is 4.34. The van der Waals surface area contributed by atoms with Crippen LogP contribution in [-0.4, -0.2) is 43.9 Å². The fourth-order valence-corrected chi connectivity index (χ4v) is 3.07. The van der Waals surface area contributed by atoms with Gasteiger partial charge in [0, 0.05) is 30.4 Å². The van der Waals surface area contributed by atoms with Gasteiger partial charge in [-0.1, -0.05) is 0 Å². The second-order valence-electron chi connectivity index (χ2n) is 6.23. The molecule has 0 unspecified atom stereocenters. The number of benzene rings is 1. The van der Waals surface area contributed by atoms with Crippen LogP contribution in [0.25, 0.3) is 0 Å². The summed E-state index contributed by atoms with van der Waals surface area (Å²) in [5.41, 5.74) is 2.32. The highest BCUT2D eigenvalue weighted by molar-refractivity contribution is 6.00. The van der Waals surface area contributed by atoms with Crippen molar-refractivity contribution in [2.45, 2.75) is 31.7 Å². The molecule has 2 rings (SSSR count). The van der Waals surface area contributed by atoms with Crippen LogP contribution in [0.4, 0.5) is 5.69 Å². The zero-order chi connectivity index (χ0) is 15.6. The lowest BCUT2D eigenvalue weighted by atomic mass is 9.75. The fraction of sp³-hybridized carbons (Fsp3) is 0.529. The molecule has 0 spiro atoms. The largest absolute Gasteiger partial charge is 0.372 e. The Morgan fingerprint density at radius 2 is 2.00 bits per heavy atom. The Morgan fingerprint density at radius 1 is 1.33 bits per heavy atom. The maximum absolute atomic E-state index is 11.8. The van der Waals surface area contributed by atoms with E-state index in [1.165, 1.54) is 19.3 Å². The van der Waals surface area contributed by atoms with Crippen molar-refractivity contribution in [3.8, 4) is 6.07 Å². The van der Waals surface area contributed by atoms with Crippen LogP contribution >= 0.6 is 0 Å². The monoisotopic (exact) mass is 285 g/mol. The van der Waals surface area contributed by atoms with E-state index in [1.807, 2.05) is 13.1 Å². The highest BCUT2D eigenvalue weighted by atomic mass is 16.1. The van der Waals surface area contributed by atoms with Gasteiger partial charge in [0.2, 0.25) is 0 Å². The zero-order valence-electron chi connectivity index (χ0n) is 13.3. The minimum atomic E-state index is 0.0360.